The van der Waals surface area contributed by atoms with Gasteiger partial charge in [-0.2, -0.15) is 18.3 Å². The summed E-state index contributed by atoms with van der Waals surface area (Å²) in [6.45, 7) is 4.76. The predicted octanol–water partition coefficient (Wildman–Crippen LogP) is 3.93. The van der Waals surface area contributed by atoms with Crippen LogP contribution in [0.5, 0.6) is 0 Å². The fourth-order valence-electron chi connectivity index (χ4n) is 2.16. The third-order valence-corrected chi connectivity index (χ3v) is 3.62. The van der Waals surface area contributed by atoms with Crippen LogP contribution in [0.25, 0.3) is 0 Å². The second-order valence-electron chi connectivity index (χ2n) is 5.70. The van der Waals surface area contributed by atoms with Crippen LogP contribution in [0.4, 0.5) is 23.2 Å². The Morgan fingerprint density at radius 1 is 1.29 bits per heavy atom. The molecule has 2 aromatic rings. The lowest BCUT2D eigenvalue weighted by Gasteiger charge is -2.15. The lowest BCUT2D eigenvalue weighted by Crippen LogP contribution is -2.25. The molecule has 0 bridgehead atoms. The van der Waals surface area contributed by atoms with Crippen molar-refractivity contribution in [2.45, 2.75) is 33.5 Å². The molecule has 0 aliphatic rings. The molecule has 1 heterocycles. The Labute approximate surface area is 136 Å². The molecule has 1 N–H and O–H groups in total. The zero-order chi connectivity index (χ0) is 18.1. The second-order valence-corrected chi connectivity index (χ2v) is 5.70. The number of nitrogens with one attached hydrogen (secondary N) is 1. The summed E-state index contributed by atoms with van der Waals surface area (Å²) in [5.74, 6) is -1.55. The van der Waals surface area contributed by atoms with Gasteiger partial charge in [-0.25, -0.2) is 4.39 Å². The first-order valence-corrected chi connectivity index (χ1v) is 7.26. The standard InChI is InChI=1S/C16H17F4N3O/c1-9-4-5-12(17)7-13(9)21-15(24)10(2)8-23-11(3)6-14(22-23)16(18,19)20/h4-7,10H,8H2,1-3H3,(H,21,24)/t10-/m1/s1. The molecule has 0 unspecified atom stereocenters. The maximum atomic E-state index is 13.2. The van der Waals surface area contributed by atoms with E-state index in [1.54, 1.807) is 13.8 Å². The average molecular weight is 343 g/mol. The van der Waals surface area contributed by atoms with Crippen molar-refractivity contribution in [3.8, 4) is 0 Å². The molecule has 0 aliphatic heterocycles. The number of anilines is 1. The van der Waals surface area contributed by atoms with E-state index in [4.69, 9.17) is 0 Å². The van der Waals surface area contributed by atoms with Gasteiger partial charge in [-0.3, -0.25) is 9.48 Å². The Hall–Kier alpha value is -2.38. The molecule has 0 saturated carbocycles. The number of aryl methyl sites for hydroxylation is 2. The van der Waals surface area contributed by atoms with E-state index in [2.05, 4.69) is 10.4 Å². The van der Waals surface area contributed by atoms with E-state index < -0.39 is 29.5 Å². The third kappa shape index (κ3) is 4.12. The number of rotatable bonds is 4. The van der Waals surface area contributed by atoms with E-state index in [9.17, 15) is 22.4 Å². The van der Waals surface area contributed by atoms with Gasteiger partial charge in [0.15, 0.2) is 5.69 Å². The van der Waals surface area contributed by atoms with Gasteiger partial charge < -0.3 is 5.32 Å². The third-order valence-electron chi connectivity index (χ3n) is 3.62. The number of aromatic nitrogens is 2. The molecule has 1 aromatic carbocycles. The molecule has 1 amide bonds. The maximum absolute atomic E-state index is 13.2. The van der Waals surface area contributed by atoms with Crippen molar-refractivity contribution in [3.05, 3.63) is 47.0 Å². The molecule has 0 spiro atoms. The molecule has 1 atom stereocenters. The lowest BCUT2D eigenvalue weighted by molar-refractivity contribution is -0.141. The van der Waals surface area contributed by atoms with Crippen molar-refractivity contribution in [1.82, 2.24) is 9.78 Å². The molecule has 0 fully saturated rings. The van der Waals surface area contributed by atoms with E-state index in [-0.39, 0.29) is 6.54 Å². The molecule has 0 radical (unpaired) electrons. The summed E-state index contributed by atoms with van der Waals surface area (Å²) in [6, 6.07) is 4.94. The van der Waals surface area contributed by atoms with E-state index in [0.717, 1.165) is 10.7 Å². The van der Waals surface area contributed by atoms with Gasteiger partial charge in [0.2, 0.25) is 5.91 Å². The smallest absolute Gasteiger partial charge is 0.325 e. The average Bonchev–Trinajstić information content (AvgIpc) is 2.84. The highest BCUT2D eigenvalue weighted by atomic mass is 19.4. The van der Waals surface area contributed by atoms with Crippen molar-refractivity contribution >= 4 is 11.6 Å². The highest BCUT2D eigenvalue weighted by molar-refractivity contribution is 5.92. The SMILES string of the molecule is Cc1ccc(F)cc1NC(=O)[C@H](C)Cn1nc(C(F)(F)F)cc1C. The van der Waals surface area contributed by atoms with Gasteiger partial charge in [-0.05, 0) is 37.6 Å². The summed E-state index contributed by atoms with van der Waals surface area (Å²) in [7, 11) is 0. The van der Waals surface area contributed by atoms with Crippen LogP contribution in [0.2, 0.25) is 0 Å². The van der Waals surface area contributed by atoms with Crippen molar-refractivity contribution in [1.29, 1.82) is 0 Å². The van der Waals surface area contributed by atoms with Crippen molar-refractivity contribution < 1.29 is 22.4 Å². The Balaban J connectivity index is 2.09. The van der Waals surface area contributed by atoms with Gasteiger partial charge in [0, 0.05) is 11.4 Å². The molecule has 24 heavy (non-hydrogen) atoms. The summed E-state index contributed by atoms with van der Waals surface area (Å²) in [5, 5.41) is 6.08. The van der Waals surface area contributed by atoms with Gasteiger partial charge in [-0.1, -0.05) is 13.0 Å². The minimum absolute atomic E-state index is 0.0118. The number of carbonyl (C=O) groups excluding carboxylic acids is 1. The van der Waals surface area contributed by atoms with Gasteiger partial charge in [-0.15, -0.1) is 0 Å². The van der Waals surface area contributed by atoms with Crippen LogP contribution in [-0.2, 0) is 17.5 Å². The number of carbonyl (C=O) groups is 1. The van der Waals surface area contributed by atoms with Gasteiger partial charge in [0.05, 0.1) is 12.5 Å². The maximum Gasteiger partial charge on any atom is 0.435 e. The Kier molecular flexibility index (Phi) is 4.96. The predicted molar refractivity (Wildman–Crippen MR) is 80.9 cm³/mol. The molecule has 8 heteroatoms. The summed E-state index contributed by atoms with van der Waals surface area (Å²) >= 11 is 0. The topological polar surface area (TPSA) is 46.9 Å². The first-order valence-electron chi connectivity index (χ1n) is 7.26. The highest BCUT2D eigenvalue weighted by Gasteiger charge is 2.34. The number of hydrogen-bond donors (Lipinski definition) is 1. The highest BCUT2D eigenvalue weighted by Crippen LogP contribution is 2.28. The molecule has 2 rings (SSSR count). The van der Waals surface area contributed by atoms with Gasteiger partial charge in [0.1, 0.15) is 5.82 Å². The molecule has 130 valence electrons. The van der Waals surface area contributed by atoms with Crippen LogP contribution in [0.1, 0.15) is 23.9 Å². The number of halogens is 4. The summed E-state index contributed by atoms with van der Waals surface area (Å²) in [6.07, 6.45) is -4.53. The number of amides is 1. The monoisotopic (exact) mass is 343 g/mol. The zero-order valence-corrected chi connectivity index (χ0v) is 13.4. The first-order chi connectivity index (χ1) is 11.1. The minimum Gasteiger partial charge on any atom is -0.325 e. The fourth-order valence-corrected chi connectivity index (χ4v) is 2.16. The Bertz CT molecular complexity index is 752. The summed E-state index contributed by atoms with van der Waals surface area (Å²) in [5.41, 5.74) is 0.337. The van der Waals surface area contributed by atoms with E-state index in [0.29, 0.717) is 16.9 Å². The van der Waals surface area contributed by atoms with E-state index in [1.807, 2.05) is 0 Å². The Morgan fingerprint density at radius 2 is 1.96 bits per heavy atom. The molecule has 0 saturated heterocycles. The number of nitrogens with zero attached hydrogens (tertiary/aromatic N) is 2. The van der Waals surface area contributed by atoms with Crippen LogP contribution in [0.3, 0.4) is 0 Å². The minimum atomic E-state index is -4.53. The fraction of sp³-hybridized carbons (Fsp3) is 0.375. The van der Waals surface area contributed by atoms with E-state index >= 15 is 0 Å². The largest absolute Gasteiger partial charge is 0.435 e. The number of alkyl halides is 3. The van der Waals surface area contributed by atoms with Gasteiger partial charge >= 0.3 is 6.18 Å². The van der Waals surface area contributed by atoms with Crippen molar-refractivity contribution in [3.63, 3.8) is 0 Å². The first kappa shape index (κ1) is 18.0. The van der Waals surface area contributed by atoms with Gasteiger partial charge in [0.25, 0.3) is 0 Å². The Morgan fingerprint density at radius 3 is 2.54 bits per heavy atom. The lowest BCUT2D eigenvalue weighted by atomic mass is 10.1. The van der Waals surface area contributed by atoms with Crippen LogP contribution in [0, 0.1) is 25.6 Å². The normalized spacial score (nSPS) is 13.0. The van der Waals surface area contributed by atoms with Crippen LogP contribution in [-0.4, -0.2) is 15.7 Å². The molecule has 1 aromatic heterocycles. The number of hydrogen-bond acceptors (Lipinski definition) is 2. The van der Waals surface area contributed by atoms with Crippen LogP contribution in [0.15, 0.2) is 24.3 Å². The quantitative estimate of drug-likeness (QED) is 0.855. The molecule has 4 nitrogen and oxygen atoms in total. The second kappa shape index (κ2) is 6.62. The summed E-state index contributed by atoms with van der Waals surface area (Å²) < 4.78 is 52.4. The molecule has 0 aliphatic carbocycles. The summed E-state index contributed by atoms with van der Waals surface area (Å²) in [4.78, 5) is 12.2. The van der Waals surface area contributed by atoms with Crippen molar-refractivity contribution in [2.75, 3.05) is 5.32 Å². The number of benzene rings is 1. The molecular weight excluding hydrogens is 326 g/mol. The van der Waals surface area contributed by atoms with Crippen LogP contribution >= 0.6 is 0 Å². The zero-order valence-electron chi connectivity index (χ0n) is 13.4. The van der Waals surface area contributed by atoms with E-state index in [1.165, 1.54) is 25.1 Å². The molecular formula is C16H17F4N3O. The van der Waals surface area contributed by atoms with Crippen molar-refractivity contribution in [2.24, 2.45) is 5.92 Å². The van der Waals surface area contributed by atoms with Crippen LogP contribution < -0.4 is 5.32 Å².